The van der Waals surface area contributed by atoms with Crippen molar-refractivity contribution in [2.45, 2.75) is 361 Å². The van der Waals surface area contributed by atoms with Crippen LogP contribution in [0.4, 0.5) is 0 Å². The molecule has 1 unspecified atom stereocenters. The third kappa shape index (κ3) is 69.0. The third-order valence-electron chi connectivity index (χ3n) is 15.5. The Labute approximate surface area is 515 Å². The molecule has 0 spiro atoms. The Kier molecular flexibility index (Phi) is 67.7. The summed E-state index contributed by atoms with van der Waals surface area (Å²) in [4.78, 5) is 38.4. The molecule has 6 nitrogen and oxygen atoms in total. The molecule has 0 aromatic heterocycles. The van der Waals surface area contributed by atoms with Crippen LogP contribution in [0.5, 0.6) is 0 Å². The third-order valence-corrected chi connectivity index (χ3v) is 15.5. The topological polar surface area (TPSA) is 78.9 Å². The van der Waals surface area contributed by atoms with Gasteiger partial charge in [0.05, 0.1) is 0 Å². The average molecular weight is 1160 g/mol. The minimum absolute atomic E-state index is 0.0817. The lowest BCUT2D eigenvalue weighted by atomic mass is 10.0. The summed E-state index contributed by atoms with van der Waals surface area (Å²) >= 11 is 0. The summed E-state index contributed by atoms with van der Waals surface area (Å²) in [5.41, 5.74) is 0. The smallest absolute Gasteiger partial charge is 0.306 e. The molecule has 0 aliphatic rings. The second kappa shape index (κ2) is 70.8. The number of esters is 3. The van der Waals surface area contributed by atoms with Crippen molar-refractivity contribution in [1.82, 2.24) is 0 Å². The van der Waals surface area contributed by atoms with E-state index < -0.39 is 6.10 Å². The zero-order valence-electron chi connectivity index (χ0n) is 54.9. The highest BCUT2D eigenvalue weighted by molar-refractivity contribution is 5.71. The second-order valence-electron chi connectivity index (χ2n) is 23.8. The van der Waals surface area contributed by atoms with Crippen molar-refractivity contribution in [2.75, 3.05) is 13.2 Å². The lowest BCUT2D eigenvalue weighted by Crippen LogP contribution is -2.30. The molecule has 0 amide bonds. The lowest BCUT2D eigenvalue weighted by molar-refractivity contribution is -0.167. The van der Waals surface area contributed by atoms with Gasteiger partial charge in [0, 0.05) is 19.3 Å². The standard InChI is InChI=1S/C77H134O6/c1-4-7-10-13-16-19-22-25-27-29-31-32-33-34-35-36-37-38-39-40-41-42-43-44-46-47-49-52-55-58-61-64-67-70-76(79)82-73-74(72-81-75(78)69-66-63-60-57-54-51-24-21-18-15-12-9-6-3)83-77(80)71-68-65-62-59-56-53-50-48-45-30-28-26-23-20-17-14-11-8-5-2/h7,10,16-17,19-21,24-28,31-32,45,48,74H,4-6,8-9,11-15,18,22-23,29-30,33-44,46-47,49-73H2,1-3H3/b10-7-,19-16-,20-17-,24-21-,27-25-,28-26-,32-31-,48-45-. The van der Waals surface area contributed by atoms with Crippen molar-refractivity contribution in [3.05, 3.63) is 97.2 Å². The number of rotatable bonds is 65. The van der Waals surface area contributed by atoms with E-state index in [0.29, 0.717) is 19.3 Å². The number of allylic oxidation sites excluding steroid dienone is 16. The Morgan fingerprint density at radius 3 is 0.771 bits per heavy atom. The van der Waals surface area contributed by atoms with E-state index in [1.54, 1.807) is 0 Å². The maximum Gasteiger partial charge on any atom is 0.306 e. The van der Waals surface area contributed by atoms with E-state index in [2.05, 4.69) is 118 Å². The number of hydrogen-bond acceptors (Lipinski definition) is 6. The van der Waals surface area contributed by atoms with Gasteiger partial charge in [-0.2, -0.15) is 0 Å². The van der Waals surface area contributed by atoms with Gasteiger partial charge in [0.1, 0.15) is 13.2 Å². The van der Waals surface area contributed by atoms with Crippen LogP contribution in [-0.4, -0.2) is 37.2 Å². The van der Waals surface area contributed by atoms with Gasteiger partial charge in [0.2, 0.25) is 0 Å². The van der Waals surface area contributed by atoms with Crippen molar-refractivity contribution in [2.24, 2.45) is 0 Å². The van der Waals surface area contributed by atoms with Crippen molar-refractivity contribution >= 4 is 17.9 Å². The largest absolute Gasteiger partial charge is 0.462 e. The molecule has 0 radical (unpaired) electrons. The predicted octanol–water partition coefficient (Wildman–Crippen LogP) is 24.8. The first kappa shape index (κ1) is 79.3. The van der Waals surface area contributed by atoms with Crippen molar-refractivity contribution < 1.29 is 28.6 Å². The van der Waals surface area contributed by atoms with Crippen molar-refractivity contribution in [3.8, 4) is 0 Å². The zero-order valence-corrected chi connectivity index (χ0v) is 54.9. The van der Waals surface area contributed by atoms with Gasteiger partial charge in [-0.15, -0.1) is 0 Å². The van der Waals surface area contributed by atoms with E-state index in [9.17, 15) is 14.4 Å². The van der Waals surface area contributed by atoms with Crippen LogP contribution >= 0.6 is 0 Å². The Bertz CT molecular complexity index is 1610. The van der Waals surface area contributed by atoms with Gasteiger partial charge in [-0.3, -0.25) is 14.4 Å². The molecular formula is C77H134O6. The summed E-state index contributed by atoms with van der Waals surface area (Å²) in [6, 6.07) is 0. The summed E-state index contributed by atoms with van der Waals surface area (Å²) in [6.07, 6.45) is 95.9. The quantitative estimate of drug-likeness (QED) is 0.0261. The maximum atomic E-state index is 12.9. The molecule has 0 fully saturated rings. The molecule has 0 rings (SSSR count). The lowest BCUT2D eigenvalue weighted by Gasteiger charge is -2.18. The molecule has 1 atom stereocenters. The summed E-state index contributed by atoms with van der Waals surface area (Å²) in [6.45, 7) is 6.51. The van der Waals surface area contributed by atoms with E-state index in [-0.39, 0.29) is 31.1 Å². The van der Waals surface area contributed by atoms with Gasteiger partial charge >= 0.3 is 17.9 Å². The maximum absolute atomic E-state index is 12.9. The zero-order chi connectivity index (χ0) is 59.9. The van der Waals surface area contributed by atoms with Crippen molar-refractivity contribution in [1.29, 1.82) is 0 Å². The van der Waals surface area contributed by atoms with Crippen LogP contribution < -0.4 is 0 Å². The number of hydrogen-bond donors (Lipinski definition) is 0. The predicted molar refractivity (Wildman–Crippen MR) is 362 cm³/mol. The molecule has 0 aliphatic heterocycles. The molecule has 0 N–H and O–H groups in total. The van der Waals surface area contributed by atoms with Crippen LogP contribution in [0.3, 0.4) is 0 Å². The molecule has 0 aromatic carbocycles. The number of carbonyl (C=O) groups excluding carboxylic acids is 3. The fraction of sp³-hybridized carbons (Fsp3) is 0.753. The Morgan fingerprint density at radius 2 is 0.470 bits per heavy atom. The Morgan fingerprint density at radius 1 is 0.253 bits per heavy atom. The summed E-state index contributed by atoms with van der Waals surface area (Å²) in [5, 5.41) is 0. The Balaban J connectivity index is 4.18. The molecule has 0 saturated heterocycles. The second-order valence-corrected chi connectivity index (χ2v) is 23.8. The molecule has 0 heterocycles. The molecule has 6 heteroatoms. The van der Waals surface area contributed by atoms with E-state index >= 15 is 0 Å². The SMILES string of the molecule is CC/C=C\C/C=C\C/C=C\C/C=C\CCCCCCCCCCCCCCCCCCCCCCC(=O)OCC(COC(=O)CCCCCCC/C=C\CCCCCC)OC(=O)CCCCCCCC/C=C\C/C=C\C/C=C\CCCCC. The van der Waals surface area contributed by atoms with Gasteiger partial charge in [0.15, 0.2) is 6.10 Å². The van der Waals surface area contributed by atoms with E-state index in [4.69, 9.17) is 14.2 Å². The molecule has 0 aromatic rings. The van der Waals surface area contributed by atoms with Crippen LogP contribution in [0.25, 0.3) is 0 Å². The summed E-state index contributed by atoms with van der Waals surface area (Å²) in [7, 11) is 0. The van der Waals surface area contributed by atoms with Gasteiger partial charge < -0.3 is 14.2 Å². The molecule has 0 bridgehead atoms. The van der Waals surface area contributed by atoms with Gasteiger partial charge in [-0.25, -0.2) is 0 Å². The highest BCUT2D eigenvalue weighted by Gasteiger charge is 2.19. The first-order valence-electron chi connectivity index (χ1n) is 35.7. The van der Waals surface area contributed by atoms with E-state index in [1.807, 2.05) is 0 Å². The van der Waals surface area contributed by atoms with E-state index in [1.165, 1.54) is 199 Å². The minimum Gasteiger partial charge on any atom is -0.462 e. The number of carbonyl (C=O) groups is 3. The summed E-state index contributed by atoms with van der Waals surface area (Å²) in [5.74, 6) is -0.887. The highest BCUT2D eigenvalue weighted by atomic mass is 16.6. The normalized spacial score (nSPS) is 12.7. The number of unbranched alkanes of at least 4 members (excludes halogenated alkanes) is 38. The summed E-state index contributed by atoms with van der Waals surface area (Å²) < 4.78 is 17.0. The number of ether oxygens (including phenoxy) is 3. The van der Waals surface area contributed by atoms with Crippen LogP contribution in [0.15, 0.2) is 97.2 Å². The van der Waals surface area contributed by atoms with E-state index in [0.717, 1.165) is 116 Å². The first-order chi connectivity index (χ1) is 41.0. The average Bonchev–Trinajstić information content (AvgIpc) is 3.49. The monoisotopic (exact) mass is 1160 g/mol. The fourth-order valence-corrected chi connectivity index (χ4v) is 10.2. The van der Waals surface area contributed by atoms with Crippen LogP contribution in [0, 0.1) is 0 Å². The van der Waals surface area contributed by atoms with Crippen LogP contribution in [-0.2, 0) is 28.6 Å². The highest BCUT2D eigenvalue weighted by Crippen LogP contribution is 2.17. The first-order valence-corrected chi connectivity index (χ1v) is 35.7. The van der Waals surface area contributed by atoms with Gasteiger partial charge in [-0.05, 0) is 122 Å². The molecule has 478 valence electrons. The fourth-order valence-electron chi connectivity index (χ4n) is 10.2. The minimum atomic E-state index is -0.787. The van der Waals surface area contributed by atoms with Crippen LogP contribution in [0.2, 0.25) is 0 Å². The Hall–Kier alpha value is -3.67. The molecule has 0 saturated carbocycles. The molecule has 83 heavy (non-hydrogen) atoms. The van der Waals surface area contributed by atoms with Gasteiger partial charge in [-0.1, -0.05) is 311 Å². The van der Waals surface area contributed by atoms with Crippen LogP contribution in [0.1, 0.15) is 355 Å². The molecule has 0 aliphatic carbocycles. The van der Waals surface area contributed by atoms with Crippen molar-refractivity contribution in [3.63, 3.8) is 0 Å². The van der Waals surface area contributed by atoms with Gasteiger partial charge in [0.25, 0.3) is 0 Å². The molecular weight excluding hydrogens is 1020 g/mol.